The lowest BCUT2D eigenvalue weighted by molar-refractivity contribution is -0.159. The van der Waals surface area contributed by atoms with Gasteiger partial charge in [0.1, 0.15) is 17.5 Å². The molecule has 8 heteroatoms. The van der Waals surface area contributed by atoms with Gasteiger partial charge in [-0.15, -0.1) is 0 Å². The molecule has 1 fully saturated rings. The Morgan fingerprint density at radius 2 is 1.97 bits per heavy atom. The monoisotopic (exact) mass is 404 g/mol. The molecule has 8 nitrogen and oxygen atoms in total. The summed E-state index contributed by atoms with van der Waals surface area (Å²) in [5.41, 5.74) is -1.29. The Hall–Kier alpha value is -2.45. The van der Waals surface area contributed by atoms with E-state index in [0.29, 0.717) is 12.1 Å². The molecule has 0 aromatic rings. The lowest BCUT2D eigenvalue weighted by Gasteiger charge is -2.44. The van der Waals surface area contributed by atoms with Gasteiger partial charge in [0.05, 0.1) is 19.3 Å². The van der Waals surface area contributed by atoms with Gasteiger partial charge >= 0.3 is 11.9 Å². The van der Waals surface area contributed by atoms with Gasteiger partial charge < -0.3 is 19.1 Å². The predicted octanol–water partition coefficient (Wildman–Crippen LogP) is 1.09. The van der Waals surface area contributed by atoms with Gasteiger partial charge in [0.15, 0.2) is 5.78 Å². The molecule has 0 radical (unpaired) electrons. The zero-order valence-electron chi connectivity index (χ0n) is 17.4. The standard InChI is InChI=1S/C21H28N2O6/c1-6-29-18(25)16-17(19(26)27-4)22-14(12-20(2,3)28-5)21(16)15(24)11-13-9-7-8-10-23(13)21/h7-11,14,16-17,22H,6,12H2,1-5H3/t14-,16+,17+,21-/m0/s1. The number of rotatable bonds is 6. The Kier molecular flexibility index (Phi) is 5.69. The number of hydrogen-bond donors (Lipinski definition) is 1. The van der Waals surface area contributed by atoms with E-state index >= 15 is 0 Å². The first-order chi connectivity index (χ1) is 13.7. The number of nitrogens with zero attached hydrogens (tertiary/aromatic N) is 1. The quantitative estimate of drug-likeness (QED) is 0.658. The number of allylic oxidation sites excluding steroid dienone is 3. The van der Waals surface area contributed by atoms with Crippen molar-refractivity contribution in [2.75, 3.05) is 20.8 Å². The average Bonchev–Trinajstić information content (AvgIpc) is 3.18. The van der Waals surface area contributed by atoms with E-state index in [2.05, 4.69) is 5.32 Å². The number of esters is 2. The highest BCUT2D eigenvalue weighted by atomic mass is 16.5. The summed E-state index contributed by atoms with van der Waals surface area (Å²) >= 11 is 0. The molecule has 158 valence electrons. The van der Waals surface area contributed by atoms with Crippen LogP contribution in [0.25, 0.3) is 0 Å². The third-order valence-electron chi connectivity index (χ3n) is 5.93. The maximum atomic E-state index is 13.5. The van der Waals surface area contributed by atoms with E-state index in [4.69, 9.17) is 14.2 Å². The zero-order valence-corrected chi connectivity index (χ0v) is 17.4. The SMILES string of the molecule is CCOC(=O)[C@H]1[C@H](C(=O)OC)N[C@@H](CC(C)(C)OC)[C@]12C(=O)C=C1C=CC=CN12. The van der Waals surface area contributed by atoms with E-state index in [9.17, 15) is 14.4 Å². The van der Waals surface area contributed by atoms with Crippen molar-refractivity contribution < 1.29 is 28.6 Å². The lowest BCUT2D eigenvalue weighted by atomic mass is 9.73. The minimum Gasteiger partial charge on any atom is -0.468 e. The molecular formula is C21H28N2O6. The second-order valence-corrected chi connectivity index (χ2v) is 7.95. The third kappa shape index (κ3) is 3.30. The third-order valence-corrected chi connectivity index (χ3v) is 5.93. The molecule has 0 unspecified atom stereocenters. The fourth-order valence-corrected chi connectivity index (χ4v) is 4.50. The van der Waals surface area contributed by atoms with Crippen molar-refractivity contribution in [1.29, 1.82) is 0 Å². The Morgan fingerprint density at radius 3 is 2.59 bits per heavy atom. The van der Waals surface area contributed by atoms with Gasteiger partial charge in [0.2, 0.25) is 0 Å². The van der Waals surface area contributed by atoms with Crippen LogP contribution >= 0.6 is 0 Å². The van der Waals surface area contributed by atoms with Crippen LogP contribution in [-0.4, -0.2) is 66.7 Å². The first-order valence-corrected chi connectivity index (χ1v) is 9.69. The average molecular weight is 404 g/mol. The van der Waals surface area contributed by atoms with Crippen molar-refractivity contribution in [3.63, 3.8) is 0 Å². The number of ether oxygens (including phenoxy) is 3. The number of ketones is 1. The van der Waals surface area contributed by atoms with Crippen LogP contribution in [0.3, 0.4) is 0 Å². The minimum atomic E-state index is -1.35. The molecule has 0 bridgehead atoms. The number of fused-ring (bicyclic) bond motifs is 2. The highest BCUT2D eigenvalue weighted by Gasteiger charge is 2.69. The molecule has 3 heterocycles. The van der Waals surface area contributed by atoms with E-state index < -0.39 is 41.1 Å². The number of nitrogens with one attached hydrogen (secondary N) is 1. The summed E-state index contributed by atoms with van der Waals surface area (Å²) in [6.45, 7) is 5.62. The van der Waals surface area contributed by atoms with Crippen molar-refractivity contribution >= 4 is 17.7 Å². The number of carbonyl (C=O) groups excluding carboxylic acids is 3. The fourth-order valence-electron chi connectivity index (χ4n) is 4.50. The smallest absolute Gasteiger partial charge is 0.323 e. The molecule has 0 aliphatic carbocycles. The molecule has 0 aromatic heterocycles. The molecule has 1 spiro atoms. The highest BCUT2D eigenvalue weighted by Crippen LogP contribution is 2.48. The normalized spacial score (nSPS) is 30.5. The van der Waals surface area contributed by atoms with Gasteiger partial charge in [0, 0.05) is 31.1 Å². The van der Waals surface area contributed by atoms with Crippen molar-refractivity contribution in [1.82, 2.24) is 10.2 Å². The minimum absolute atomic E-state index is 0.137. The topological polar surface area (TPSA) is 94.2 Å². The second kappa shape index (κ2) is 7.76. The van der Waals surface area contributed by atoms with Crippen molar-refractivity contribution in [3.8, 4) is 0 Å². The van der Waals surface area contributed by atoms with Crippen LogP contribution in [0.15, 0.2) is 36.2 Å². The summed E-state index contributed by atoms with van der Waals surface area (Å²) in [6.07, 6.45) is 9.08. The Balaban J connectivity index is 2.17. The molecule has 1 N–H and O–H groups in total. The van der Waals surface area contributed by atoms with Gasteiger partial charge in [-0.25, -0.2) is 0 Å². The van der Waals surface area contributed by atoms with E-state index in [1.165, 1.54) is 13.2 Å². The summed E-state index contributed by atoms with van der Waals surface area (Å²) in [5.74, 6) is -2.56. The molecule has 4 atom stereocenters. The molecule has 0 saturated carbocycles. The maximum absolute atomic E-state index is 13.5. The number of carbonyl (C=O) groups is 3. The fraction of sp³-hybridized carbons (Fsp3) is 0.571. The Labute approximate surface area is 170 Å². The van der Waals surface area contributed by atoms with Crippen LogP contribution in [0.5, 0.6) is 0 Å². The van der Waals surface area contributed by atoms with Crippen LogP contribution in [0.2, 0.25) is 0 Å². The Morgan fingerprint density at radius 1 is 1.24 bits per heavy atom. The van der Waals surface area contributed by atoms with Crippen LogP contribution in [0.4, 0.5) is 0 Å². The van der Waals surface area contributed by atoms with Gasteiger partial charge in [-0.3, -0.25) is 19.7 Å². The van der Waals surface area contributed by atoms with Crippen LogP contribution in [0, 0.1) is 5.92 Å². The molecule has 3 rings (SSSR count). The van der Waals surface area contributed by atoms with E-state index in [1.54, 1.807) is 37.3 Å². The lowest BCUT2D eigenvalue weighted by Crippen LogP contribution is -2.62. The number of methoxy groups -OCH3 is 2. The van der Waals surface area contributed by atoms with Gasteiger partial charge in [-0.05, 0) is 39.3 Å². The summed E-state index contributed by atoms with van der Waals surface area (Å²) in [7, 11) is 2.85. The highest BCUT2D eigenvalue weighted by molar-refractivity contribution is 6.07. The summed E-state index contributed by atoms with van der Waals surface area (Å²) in [4.78, 5) is 41.0. The largest absolute Gasteiger partial charge is 0.468 e. The molecular weight excluding hydrogens is 376 g/mol. The van der Waals surface area contributed by atoms with Crippen LogP contribution < -0.4 is 5.32 Å². The van der Waals surface area contributed by atoms with Crippen LogP contribution in [0.1, 0.15) is 27.2 Å². The molecule has 0 aromatic carbocycles. The predicted molar refractivity (Wildman–Crippen MR) is 104 cm³/mol. The molecule has 0 amide bonds. The van der Waals surface area contributed by atoms with Gasteiger partial charge in [-0.2, -0.15) is 0 Å². The van der Waals surface area contributed by atoms with Crippen LogP contribution in [-0.2, 0) is 28.6 Å². The van der Waals surface area contributed by atoms with Crippen molar-refractivity contribution in [2.45, 2.75) is 50.4 Å². The van der Waals surface area contributed by atoms with E-state index in [-0.39, 0.29) is 12.4 Å². The molecule has 3 aliphatic rings. The zero-order chi connectivity index (χ0) is 21.4. The van der Waals surface area contributed by atoms with E-state index in [0.717, 1.165) is 0 Å². The van der Waals surface area contributed by atoms with Crippen molar-refractivity contribution in [3.05, 3.63) is 36.2 Å². The summed E-state index contributed by atoms with van der Waals surface area (Å²) in [5, 5.41) is 3.21. The Bertz CT molecular complexity index is 799. The first-order valence-electron chi connectivity index (χ1n) is 9.69. The summed E-state index contributed by atoms with van der Waals surface area (Å²) in [6, 6.07) is -1.58. The molecule has 3 aliphatic heterocycles. The first kappa shape index (κ1) is 21.3. The second-order valence-electron chi connectivity index (χ2n) is 7.95. The van der Waals surface area contributed by atoms with Gasteiger partial charge in [0.25, 0.3) is 0 Å². The molecule has 1 saturated heterocycles. The molecule has 29 heavy (non-hydrogen) atoms. The van der Waals surface area contributed by atoms with E-state index in [1.807, 2.05) is 19.9 Å². The maximum Gasteiger partial charge on any atom is 0.323 e. The summed E-state index contributed by atoms with van der Waals surface area (Å²) < 4.78 is 15.8. The van der Waals surface area contributed by atoms with Crippen molar-refractivity contribution in [2.24, 2.45) is 5.92 Å². The number of hydrogen-bond acceptors (Lipinski definition) is 8. The van der Waals surface area contributed by atoms with Gasteiger partial charge in [-0.1, -0.05) is 6.08 Å².